The number of para-hydroxylation sites is 1. The first-order valence-corrected chi connectivity index (χ1v) is 6.29. The number of hydrogen-bond acceptors (Lipinski definition) is 2. The second kappa shape index (κ2) is 4.62. The van der Waals surface area contributed by atoms with E-state index in [-0.39, 0.29) is 0 Å². The Morgan fingerprint density at radius 1 is 0.941 bits per heavy atom. The van der Waals surface area contributed by atoms with Crippen molar-refractivity contribution in [1.82, 2.24) is 9.55 Å². The lowest BCUT2D eigenvalue weighted by Gasteiger charge is -2.28. The molecule has 1 fully saturated rings. The van der Waals surface area contributed by atoms with Gasteiger partial charge in [0.15, 0.2) is 0 Å². The van der Waals surface area contributed by atoms with E-state index >= 15 is 0 Å². The molecule has 0 N–H and O–H groups in total. The van der Waals surface area contributed by atoms with E-state index in [0.717, 1.165) is 19.0 Å². The number of benzene rings is 1. The first-order valence-electron chi connectivity index (χ1n) is 6.29. The Hall–Kier alpha value is -1.77. The van der Waals surface area contributed by atoms with Crippen molar-refractivity contribution in [1.29, 1.82) is 0 Å². The Balaban J connectivity index is 1.93. The molecule has 0 bridgehead atoms. The molecular weight excluding hydrogens is 210 g/mol. The third-order valence-corrected chi connectivity index (χ3v) is 3.29. The zero-order valence-corrected chi connectivity index (χ0v) is 9.92. The van der Waals surface area contributed by atoms with Crippen molar-refractivity contribution < 1.29 is 0 Å². The van der Waals surface area contributed by atoms with E-state index in [1.165, 1.54) is 24.9 Å². The van der Waals surface area contributed by atoms with E-state index in [9.17, 15) is 0 Å². The topological polar surface area (TPSA) is 21.1 Å². The van der Waals surface area contributed by atoms with E-state index in [1.54, 1.807) is 0 Å². The van der Waals surface area contributed by atoms with Crippen molar-refractivity contribution in [3.05, 3.63) is 42.7 Å². The molecule has 1 aliphatic heterocycles. The van der Waals surface area contributed by atoms with Crippen molar-refractivity contribution in [2.45, 2.75) is 19.3 Å². The molecule has 88 valence electrons. The zero-order chi connectivity index (χ0) is 11.5. The average molecular weight is 227 g/mol. The van der Waals surface area contributed by atoms with Gasteiger partial charge in [-0.2, -0.15) is 0 Å². The van der Waals surface area contributed by atoms with Crippen LogP contribution in [0.2, 0.25) is 0 Å². The second-order valence-corrected chi connectivity index (χ2v) is 4.48. The summed E-state index contributed by atoms with van der Waals surface area (Å²) in [5.41, 5.74) is 1.19. The maximum atomic E-state index is 4.51. The van der Waals surface area contributed by atoms with Gasteiger partial charge in [-0.15, -0.1) is 0 Å². The molecule has 0 saturated carbocycles. The highest BCUT2D eigenvalue weighted by Gasteiger charge is 2.15. The Labute approximate surface area is 102 Å². The van der Waals surface area contributed by atoms with Crippen molar-refractivity contribution in [3.63, 3.8) is 0 Å². The summed E-state index contributed by atoms with van der Waals surface area (Å²) in [4.78, 5) is 6.89. The lowest BCUT2D eigenvalue weighted by Crippen LogP contribution is -2.31. The van der Waals surface area contributed by atoms with Gasteiger partial charge in [-0.05, 0) is 31.4 Å². The zero-order valence-electron chi connectivity index (χ0n) is 9.92. The first kappa shape index (κ1) is 10.4. The fourth-order valence-corrected chi connectivity index (χ4v) is 2.41. The Morgan fingerprint density at radius 3 is 2.47 bits per heavy atom. The van der Waals surface area contributed by atoms with Crippen molar-refractivity contribution in [2.24, 2.45) is 0 Å². The van der Waals surface area contributed by atoms with E-state index in [2.05, 4.69) is 38.7 Å². The molecule has 0 atom stereocenters. The maximum Gasteiger partial charge on any atom is 0.210 e. The van der Waals surface area contributed by atoms with Crippen LogP contribution in [0.4, 0.5) is 5.95 Å². The summed E-state index contributed by atoms with van der Waals surface area (Å²) in [5, 5.41) is 0. The van der Waals surface area contributed by atoms with Crippen LogP contribution < -0.4 is 4.90 Å². The van der Waals surface area contributed by atoms with Gasteiger partial charge < -0.3 is 4.90 Å². The van der Waals surface area contributed by atoms with Gasteiger partial charge in [0.25, 0.3) is 0 Å². The summed E-state index contributed by atoms with van der Waals surface area (Å²) in [6, 6.07) is 10.4. The molecular formula is C14H17N3. The van der Waals surface area contributed by atoms with E-state index in [0.29, 0.717) is 0 Å². The molecule has 17 heavy (non-hydrogen) atoms. The predicted octanol–water partition coefficient (Wildman–Crippen LogP) is 2.86. The van der Waals surface area contributed by atoms with Gasteiger partial charge in [0.05, 0.1) is 0 Å². The van der Waals surface area contributed by atoms with Gasteiger partial charge in [0.1, 0.15) is 0 Å². The number of imidazole rings is 1. The summed E-state index contributed by atoms with van der Waals surface area (Å²) < 4.78 is 2.17. The normalized spacial score (nSPS) is 16.1. The molecule has 0 amide bonds. The highest BCUT2D eigenvalue weighted by atomic mass is 15.3. The molecule has 3 heteroatoms. The van der Waals surface area contributed by atoms with Gasteiger partial charge in [-0.25, -0.2) is 4.98 Å². The number of piperidine rings is 1. The van der Waals surface area contributed by atoms with Crippen molar-refractivity contribution >= 4 is 5.95 Å². The Bertz CT molecular complexity index is 469. The molecule has 2 heterocycles. The number of anilines is 1. The summed E-state index contributed by atoms with van der Waals surface area (Å²) in [7, 11) is 0. The summed E-state index contributed by atoms with van der Waals surface area (Å²) in [5.74, 6) is 1.08. The summed E-state index contributed by atoms with van der Waals surface area (Å²) >= 11 is 0. The first-order chi connectivity index (χ1) is 8.45. The highest BCUT2D eigenvalue weighted by molar-refractivity contribution is 5.43. The molecule has 0 unspecified atom stereocenters. The van der Waals surface area contributed by atoms with Crippen LogP contribution in [0.1, 0.15) is 19.3 Å². The fraction of sp³-hybridized carbons (Fsp3) is 0.357. The number of nitrogens with zero attached hydrogens (tertiary/aromatic N) is 3. The molecule has 0 aliphatic carbocycles. The quantitative estimate of drug-likeness (QED) is 0.786. The Kier molecular flexibility index (Phi) is 2.82. The van der Waals surface area contributed by atoms with Crippen LogP contribution >= 0.6 is 0 Å². The molecule has 2 aromatic rings. The van der Waals surface area contributed by atoms with Gasteiger partial charge in [-0.1, -0.05) is 18.2 Å². The molecule has 3 rings (SSSR count). The molecule has 1 aliphatic rings. The molecule has 3 nitrogen and oxygen atoms in total. The molecule has 1 aromatic heterocycles. The van der Waals surface area contributed by atoms with Crippen LogP contribution in [0.15, 0.2) is 42.7 Å². The number of hydrogen-bond donors (Lipinski definition) is 0. The number of aromatic nitrogens is 2. The molecule has 1 saturated heterocycles. The van der Waals surface area contributed by atoms with Gasteiger partial charge in [0, 0.05) is 31.2 Å². The van der Waals surface area contributed by atoms with Crippen LogP contribution in [0.5, 0.6) is 0 Å². The van der Waals surface area contributed by atoms with Gasteiger partial charge in [0.2, 0.25) is 5.95 Å². The summed E-state index contributed by atoms with van der Waals surface area (Å²) in [6.45, 7) is 2.26. The smallest absolute Gasteiger partial charge is 0.210 e. The standard InChI is InChI=1S/C14H17N3/c1-3-7-13(8-4-1)17-12-9-15-14(17)16-10-5-2-6-11-16/h1,3-4,7-9,12H,2,5-6,10-11H2. The van der Waals surface area contributed by atoms with E-state index < -0.39 is 0 Å². The minimum atomic E-state index is 1.08. The average Bonchev–Trinajstić information content (AvgIpc) is 2.90. The van der Waals surface area contributed by atoms with Gasteiger partial charge in [-0.3, -0.25) is 4.57 Å². The highest BCUT2D eigenvalue weighted by Crippen LogP contribution is 2.21. The van der Waals surface area contributed by atoms with E-state index in [1.807, 2.05) is 18.5 Å². The van der Waals surface area contributed by atoms with Crippen molar-refractivity contribution in [2.75, 3.05) is 18.0 Å². The van der Waals surface area contributed by atoms with Crippen LogP contribution in [0.25, 0.3) is 5.69 Å². The molecule has 0 spiro atoms. The van der Waals surface area contributed by atoms with Gasteiger partial charge >= 0.3 is 0 Å². The van der Waals surface area contributed by atoms with Crippen LogP contribution in [0.3, 0.4) is 0 Å². The third-order valence-electron chi connectivity index (χ3n) is 3.29. The fourth-order valence-electron chi connectivity index (χ4n) is 2.41. The predicted molar refractivity (Wildman–Crippen MR) is 69.6 cm³/mol. The lowest BCUT2D eigenvalue weighted by molar-refractivity contribution is 0.566. The van der Waals surface area contributed by atoms with Crippen LogP contribution in [-0.2, 0) is 0 Å². The maximum absolute atomic E-state index is 4.51. The monoisotopic (exact) mass is 227 g/mol. The molecule has 0 radical (unpaired) electrons. The Morgan fingerprint density at radius 2 is 1.71 bits per heavy atom. The van der Waals surface area contributed by atoms with E-state index in [4.69, 9.17) is 0 Å². The van der Waals surface area contributed by atoms with Crippen LogP contribution in [0, 0.1) is 0 Å². The third kappa shape index (κ3) is 2.05. The largest absolute Gasteiger partial charge is 0.342 e. The second-order valence-electron chi connectivity index (χ2n) is 4.48. The SMILES string of the molecule is c1ccc(-n2ccnc2N2CCCCC2)cc1. The summed E-state index contributed by atoms with van der Waals surface area (Å²) in [6.07, 6.45) is 7.84. The number of rotatable bonds is 2. The molecule has 1 aromatic carbocycles. The lowest BCUT2D eigenvalue weighted by atomic mass is 10.1. The minimum Gasteiger partial charge on any atom is -0.342 e. The van der Waals surface area contributed by atoms with Crippen LogP contribution in [-0.4, -0.2) is 22.6 Å². The van der Waals surface area contributed by atoms with Crippen molar-refractivity contribution in [3.8, 4) is 5.69 Å². The minimum absolute atomic E-state index is 1.08.